The lowest BCUT2D eigenvalue weighted by Gasteiger charge is -2.21. The number of ether oxygens (including phenoxy) is 2. The van der Waals surface area contributed by atoms with Crippen LogP contribution in [0.1, 0.15) is 54.6 Å². The number of benzene rings is 2. The molecular formula is C23H30N2O5S. The Hall–Kier alpha value is -2.58. The van der Waals surface area contributed by atoms with Gasteiger partial charge in [-0.2, -0.15) is 4.31 Å². The summed E-state index contributed by atoms with van der Waals surface area (Å²) in [7, 11) is -0.646. The zero-order chi connectivity index (χ0) is 22.4. The van der Waals surface area contributed by atoms with Crippen LogP contribution in [0.3, 0.4) is 0 Å². The second kappa shape index (κ2) is 10.2. The fourth-order valence-corrected chi connectivity index (χ4v) is 5.38. The van der Waals surface area contributed by atoms with Crippen LogP contribution in [0.15, 0.2) is 47.4 Å². The number of hydrogen-bond acceptors (Lipinski definition) is 5. The summed E-state index contributed by atoms with van der Waals surface area (Å²) in [5.41, 5.74) is 1.01. The van der Waals surface area contributed by atoms with Crippen LogP contribution >= 0.6 is 0 Å². The van der Waals surface area contributed by atoms with Gasteiger partial charge in [0, 0.05) is 18.7 Å². The summed E-state index contributed by atoms with van der Waals surface area (Å²) in [4.78, 5) is 13.2. The Bertz CT molecular complexity index is 1010. The van der Waals surface area contributed by atoms with E-state index in [4.69, 9.17) is 9.47 Å². The minimum Gasteiger partial charge on any atom is -0.496 e. The average molecular weight is 447 g/mol. The molecule has 1 N–H and O–H groups in total. The lowest BCUT2D eigenvalue weighted by molar-refractivity contribution is 0.0936. The van der Waals surface area contributed by atoms with Gasteiger partial charge < -0.3 is 14.8 Å². The minimum absolute atomic E-state index is 0.102. The van der Waals surface area contributed by atoms with Gasteiger partial charge >= 0.3 is 0 Å². The summed E-state index contributed by atoms with van der Waals surface area (Å²) >= 11 is 0. The Morgan fingerprint density at radius 3 is 2.26 bits per heavy atom. The van der Waals surface area contributed by atoms with Crippen molar-refractivity contribution in [1.29, 1.82) is 0 Å². The molecule has 168 valence electrons. The number of para-hydroxylation sites is 1. The van der Waals surface area contributed by atoms with Crippen LogP contribution < -0.4 is 14.8 Å². The molecule has 0 aromatic heterocycles. The topological polar surface area (TPSA) is 84.9 Å². The van der Waals surface area contributed by atoms with Crippen molar-refractivity contribution in [2.24, 2.45) is 0 Å². The Morgan fingerprint density at radius 1 is 0.968 bits per heavy atom. The molecule has 1 saturated heterocycles. The van der Waals surface area contributed by atoms with Crippen LogP contribution in [0.4, 0.5) is 0 Å². The van der Waals surface area contributed by atoms with Gasteiger partial charge in [0.05, 0.1) is 30.7 Å². The second-order valence-electron chi connectivity index (χ2n) is 7.62. The highest BCUT2D eigenvalue weighted by molar-refractivity contribution is 7.89. The lowest BCUT2D eigenvalue weighted by Crippen LogP contribution is -2.32. The molecular weight excluding hydrogens is 416 g/mol. The molecule has 0 saturated carbocycles. The summed E-state index contributed by atoms with van der Waals surface area (Å²) in [5, 5.41) is 2.92. The number of amides is 1. The lowest BCUT2D eigenvalue weighted by atomic mass is 10.1. The van der Waals surface area contributed by atoms with Gasteiger partial charge in [0.1, 0.15) is 11.5 Å². The number of sulfonamides is 1. The molecule has 1 heterocycles. The van der Waals surface area contributed by atoms with Crippen molar-refractivity contribution in [3.8, 4) is 11.5 Å². The van der Waals surface area contributed by atoms with E-state index in [9.17, 15) is 13.2 Å². The Labute approximate surface area is 184 Å². The van der Waals surface area contributed by atoms with Gasteiger partial charge in [-0.05, 0) is 44.0 Å². The molecule has 7 nitrogen and oxygen atoms in total. The van der Waals surface area contributed by atoms with Crippen molar-refractivity contribution in [3.63, 3.8) is 0 Å². The highest BCUT2D eigenvalue weighted by Gasteiger charge is 2.27. The van der Waals surface area contributed by atoms with Crippen LogP contribution in [-0.2, 0) is 10.0 Å². The fourth-order valence-electron chi connectivity index (χ4n) is 3.83. The quantitative estimate of drug-likeness (QED) is 0.700. The van der Waals surface area contributed by atoms with Crippen molar-refractivity contribution in [3.05, 3.63) is 53.6 Å². The molecule has 1 fully saturated rings. The van der Waals surface area contributed by atoms with Crippen molar-refractivity contribution < 1.29 is 22.7 Å². The first-order chi connectivity index (χ1) is 14.9. The van der Waals surface area contributed by atoms with E-state index in [-0.39, 0.29) is 16.5 Å². The molecule has 8 heteroatoms. The zero-order valence-corrected chi connectivity index (χ0v) is 19.1. The second-order valence-corrected chi connectivity index (χ2v) is 9.56. The number of carbonyl (C=O) groups is 1. The molecule has 2 aromatic rings. The van der Waals surface area contributed by atoms with E-state index in [1.54, 1.807) is 7.11 Å². The van der Waals surface area contributed by atoms with Crippen LogP contribution in [0.25, 0.3) is 0 Å². The molecule has 3 rings (SSSR count). The summed E-state index contributed by atoms with van der Waals surface area (Å²) in [5.74, 6) is 0.572. The van der Waals surface area contributed by atoms with Gasteiger partial charge in [-0.3, -0.25) is 4.79 Å². The number of nitrogens with zero attached hydrogens (tertiary/aromatic N) is 1. The highest BCUT2D eigenvalue weighted by atomic mass is 32.2. The van der Waals surface area contributed by atoms with Gasteiger partial charge in [0.15, 0.2) is 0 Å². The molecule has 2 aromatic carbocycles. The maximum atomic E-state index is 13.2. The Morgan fingerprint density at radius 2 is 1.61 bits per heavy atom. The Balaban J connectivity index is 1.88. The first-order valence-corrected chi connectivity index (χ1v) is 11.9. The standard InChI is InChI=1S/C23H30N2O5S/c1-17(19-10-6-7-11-21(19)29-2)24-23(26)20-16-18(12-13-22(20)30-3)31(27,28)25-14-8-4-5-9-15-25/h6-7,10-13,16-17H,4-5,8-9,14-15H2,1-3H3,(H,24,26)/t17-/m1/s1. The smallest absolute Gasteiger partial charge is 0.255 e. The maximum absolute atomic E-state index is 13.2. The molecule has 31 heavy (non-hydrogen) atoms. The number of hydrogen-bond donors (Lipinski definition) is 1. The fraction of sp³-hybridized carbons (Fsp3) is 0.435. The van der Waals surface area contributed by atoms with Gasteiger partial charge in [-0.25, -0.2) is 8.42 Å². The van der Waals surface area contributed by atoms with E-state index in [0.717, 1.165) is 31.2 Å². The monoisotopic (exact) mass is 446 g/mol. The number of rotatable bonds is 7. The third-order valence-electron chi connectivity index (χ3n) is 5.57. The SMILES string of the molecule is COc1ccc(S(=O)(=O)N2CCCCCC2)cc1C(=O)N[C@H](C)c1ccccc1OC. The van der Waals surface area contributed by atoms with E-state index < -0.39 is 15.9 Å². The molecule has 1 amide bonds. The third kappa shape index (κ3) is 5.19. The minimum atomic E-state index is -3.68. The average Bonchev–Trinajstić information content (AvgIpc) is 3.08. The first-order valence-electron chi connectivity index (χ1n) is 10.5. The van der Waals surface area contributed by atoms with Crippen molar-refractivity contribution in [2.75, 3.05) is 27.3 Å². The zero-order valence-electron chi connectivity index (χ0n) is 18.3. The van der Waals surface area contributed by atoms with Crippen LogP contribution in [0.5, 0.6) is 11.5 Å². The summed E-state index contributed by atoms with van der Waals surface area (Å²) < 4.78 is 38.6. The molecule has 0 unspecified atom stereocenters. The van der Waals surface area contributed by atoms with Crippen molar-refractivity contribution >= 4 is 15.9 Å². The molecule has 0 spiro atoms. The predicted molar refractivity (Wildman–Crippen MR) is 119 cm³/mol. The third-order valence-corrected chi connectivity index (χ3v) is 7.47. The van der Waals surface area contributed by atoms with Crippen molar-refractivity contribution in [1.82, 2.24) is 9.62 Å². The molecule has 0 aliphatic carbocycles. The first kappa shape index (κ1) is 23.1. The predicted octanol–water partition coefficient (Wildman–Crippen LogP) is 3.76. The van der Waals surface area contributed by atoms with E-state index in [1.165, 1.54) is 29.6 Å². The largest absolute Gasteiger partial charge is 0.496 e. The summed E-state index contributed by atoms with van der Waals surface area (Å²) in [6.07, 6.45) is 3.75. The van der Waals surface area contributed by atoms with E-state index >= 15 is 0 Å². The molecule has 1 atom stereocenters. The van der Waals surface area contributed by atoms with E-state index in [0.29, 0.717) is 24.6 Å². The number of carbonyl (C=O) groups excluding carboxylic acids is 1. The van der Waals surface area contributed by atoms with Crippen LogP contribution in [0.2, 0.25) is 0 Å². The van der Waals surface area contributed by atoms with Crippen LogP contribution in [0, 0.1) is 0 Å². The summed E-state index contributed by atoms with van der Waals surface area (Å²) in [6.45, 7) is 2.85. The molecule has 0 bridgehead atoms. The van der Waals surface area contributed by atoms with Gasteiger partial charge in [-0.15, -0.1) is 0 Å². The number of nitrogens with one attached hydrogen (secondary N) is 1. The normalized spacial score (nSPS) is 16.2. The molecule has 1 aliphatic heterocycles. The highest BCUT2D eigenvalue weighted by Crippen LogP contribution is 2.28. The maximum Gasteiger partial charge on any atom is 0.255 e. The van der Waals surface area contributed by atoms with Crippen LogP contribution in [-0.4, -0.2) is 45.9 Å². The molecule has 1 aliphatic rings. The van der Waals surface area contributed by atoms with E-state index in [2.05, 4.69) is 5.32 Å². The van der Waals surface area contributed by atoms with Gasteiger partial charge in [0.25, 0.3) is 5.91 Å². The van der Waals surface area contributed by atoms with E-state index in [1.807, 2.05) is 31.2 Å². The number of methoxy groups -OCH3 is 2. The van der Waals surface area contributed by atoms with Gasteiger partial charge in [-0.1, -0.05) is 31.0 Å². The van der Waals surface area contributed by atoms with Crippen molar-refractivity contribution in [2.45, 2.75) is 43.5 Å². The van der Waals surface area contributed by atoms with Gasteiger partial charge in [0.2, 0.25) is 10.0 Å². The molecule has 0 radical (unpaired) electrons. The summed E-state index contributed by atoms with van der Waals surface area (Å²) in [6, 6.07) is 11.5. The Kier molecular flexibility index (Phi) is 7.56.